The Morgan fingerprint density at radius 2 is 2.06 bits per heavy atom. The topological polar surface area (TPSA) is 61.6 Å². The lowest BCUT2D eigenvalue weighted by Gasteiger charge is -2.07. The van der Waals surface area contributed by atoms with Crippen molar-refractivity contribution in [1.82, 2.24) is 10.2 Å². The molecule has 1 N–H and O–H groups in total. The van der Waals surface area contributed by atoms with E-state index >= 15 is 0 Å². The Hall–Kier alpha value is -1.93. The number of hydrogen-bond donors (Lipinski definition) is 1. The molecule has 2 aromatic rings. The molecular formula is C11H7BrN4. The van der Waals surface area contributed by atoms with Crippen molar-refractivity contribution >= 4 is 27.4 Å². The quantitative estimate of drug-likeness (QED) is 0.915. The number of rotatable bonds is 2. The first-order chi connectivity index (χ1) is 7.81. The van der Waals surface area contributed by atoms with Crippen LogP contribution in [0.1, 0.15) is 5.56 Å². The van der Waals surface area contributed by atoms with Gasteiger partial charge in [-0.2, -0.15) is 10.4 Å². The maximum atomic E-state index is 8.90. The molecule has 0 unspecified atom stereocenters. The van der Waals surface area contributed by atoms with Crippen molar-refractivity contribution in [2.75, 3.05) is 5.32 Å². The van der Waals surface area contributed by atoms with Gasteiger partial charge < -0.3 is 5.32 Å². The Morgan fingerprint density at radius 3 is 2.81 bits per heavy atom. The van der Waals surface area contributed by atoms with E-state index < -0.39 is 0 Å². The Labute approximate surface area is 101 Å². The Bertz CT molecular complexity index is 548. The Kier molecular flexibility index (Phi) is 3.13. The molecule has 4 nitrogen and oxygen atoms in total. The summed E-state index contributed by atoms with van der Waals surface area (Å²) in [6.45, 7) is 0. The predicted octanol–water partition coefficient (Wildman–Crippen LogP) is 2.85. The van der Waals surface area contributed by atoms with Crippen LogP contribution in [0, 0.1) is 11.3 Å². The molecule has 0 aliphatic rings. The van der Waals surface area contributed by atoms with E-state index in [0.717, 1.165) is 10.2 Å². The molecule has 1 aromatic carbocycles. The van der Waals surface area contributed by atoms with Gasteiger partial charge in [-0.25, -0.2) is 0 Å². The van der Waals surface area contributed by atoms with Gasteiger partial charge in [0.25, 0.3) is 0 Å². The first-order valence-electron chi connectivity index (χ1n) is 4.54. The number of anilines is 2. The SMILES string of the molecule is N#Cc1ccnnc1Nc1ccccc1Br. The normalized spacial score (nSPS) is 9.50. The average molecular weight is 275 g/mol. The number of nitrogens with zero attached hydrogens (tertiary/aromatic N) is 3. The number of nitriles is 1. The molecule has 0 spiro atoms. The molecule has 0 radical (unpaired) electrons. The second kappa shape index (κ2) is 4.73. The lowest BCUT2D eigenvalue weighted by Crippen LogP contribution is -1.98. The smallest absolute Gasteiger partial charge is 0.171 e. The van der Waals surface area contributed by atoms with E-state index in [4.69, 9.17) is 5.26 Å². The molecule has 0 amide bonds. The van der Waals surface area contributed by atoms with Gasteiger partial charge in [-0.3, -0.25) is 0 Å². The van der Waals surface area contributed by atoms with Crippen LogP contribution in [0.3, 0.4) is 0 Å². The molecule has 78 valence electrons. The van der Waals surface area contributed by atoms with Gasteiger partial charge in [0.15, 0.2) is 5.82 Å². The maximum Gasteiger partial charge on any atom is 0.171 e. The number of aromatic nitrogens is 2. The van der Waals surface area contributed by atoms with Crippen molar-refractivity contribution in [1.29, 1.82) is 5.26 Å². The summed E-state index contributed by atoms with van der Waals surface area (Å²) in [5, 5.41) is 19.6. The third-order valence-electron chi connectivity index (χ3n) is 1.97. The number of halogens is 1. The summed E-state index contributed by atoms with van der Waals surface area (Å²) in [7, 11) is 0. The number of para-hydroxylation sites is 1. The minimum atomic E-state index is 0.455. The molecule has 0 fully saturated rings. The second-order valence-corrected chi connectivity index (χ2v) is 3.86. The fraction of sp³-hybridized carbons (Fsp3) is 0. The molecule has 16 heavy (non-hydrogen) atoms. The molecule has 0 atom stereocenters. The van der Waals surface area contributed by atoms with E-state index in [9.17, 15) is 0 Å². The summed E-state index contributed by atoms with van der Waals surface area (Å²) >= 11 is 3.41. The molecule has 0 saturated carbocycles. The Morgan fingerprint density at radius 1 is 1.25 bits per heavy atom. The summed E-state index contributed by atoms with van der Waals surface area (Å²) in [5.41, 5.74) is 1.31. The highest BCUT2D eigenvalue weighted by Gasteiger charge is 2.05. The van der Waals surface area contributed by atoms with Crippen LogP contribution < -0.4 is 5.32 Å². The monoisotopic (exact) mass is 274 g/mol. The zero-order chi connectivity index (χ0) is 11.4. The standard InChI is InChI=1S/C11H7BrN4/c12-9-3-1-2-4-10(9)15-11-8(7-13)5-6-14-16-11/h1-6H,(H,15,16). The predicted molar refractivity (Wildman–Crippen MR) is 64.2 cm³/mol. The lowest BCUT2D eigenvalue weighted by molar-refractivity contribution is 1.03. The number of nitrogens with one attached hydrogen (secondary N) is 1. The van der Waals surface area contributed by atoms with Gasteiger partial charge in [0.05, 0.1) is 17.4 Å². The van der Waals surface area contributed by atoms with Crippen molar-refractivity contribution < 1.29 is 0 Å². The van der Waals surface area contributed by atoms with Gasteiger partial charge >= 0.3 is 0 Å². The highest BCUT2D eigenvalue weighted by atomic mass is 79.9. The van der Waals surface area contributed by atoms with Crippen LogP contribution in [0.15, 0.2) is 41.0 Å². The third kappa shape index (κ3) is 2.18. The zero-order valence-corrected chi connectivity index (χ0v) is 9.77. The molecule has 0 bridgehead atoms. The van der Waals surface area contributed by atoms with Gasteiger partial charge in [-0.05, 0) is 34.1 Å². The fourth-order valence-corrected chi connectivity index (χ4v) is 1.59. The van der Waals surface area contributed by atoms with Gasteiger partial charge in [0, 0.05) is 4.47 Å². The minimum absolute atomic E-state index is 0.455. The van der Waals surface area contributed by atoms with Crippen LogP contribution in [-0.2, 0) is 0 Å². The van der Waals surface area contributed by atoms with Crippen LogP contribution in [0.25, 0.3) is 0 Å². The summed E-state index contributed by atoms with van der Waals surface area (Å²) in [6, 6.07) is 11.3. The highest BCUT2D eigenvalue weighted by Crippen LogP contribution is 2.25. The van der Waals surface area contributed by atoms with E-state index in [2.05, 4.69) is 37.5 Å². The van der Waals surface area contributed by atoms with E-state index in [1.165, 1.54) is 6.20 Å². The summed E-state index contributed by atoms with van der Waals surface area (Å²) < 4.78 is 0.907. The second-order valence-electron chi connectivity index (χ2n) is 3.01. The molecule has 1 heterocycles. The summed E-state index contributed by atoms with van der Waals surface area (Å²) in [6.07, 6.45) is 1.49. The van der Waals surface area contributed by atoms with Gasteiger partial charge in [0.2, 0.25) is 0 Å². The zero-order valence-electron chi connectivity index (χ0n) is 8.18. The molecule has 0 saturated heterocycles. The summed E-state index contributed by atoms with van der Waals surface area (Å²) in [4.78, 5) is 0. The van der Waals surface area contributed by atoms with Crippen molar-refractivity contribution in [2.45, 2.75) is 0 Å². The molecular weight excluding hydrogens is 268 g/mol. The van der Waals surface area contributed by atoms with Crippen LogP contribution in [-0.4, -0.2) is 10.2 Å². The fourth-order valence-electron chi connectivity index (χ4n) is 1.20. The molecule has 0 aliphatic heterocycles. The Balaban J connectivity index is 2.35. The molecule has 2 rings (SSSR count). The van der Waals surface area contributed by atoms with Crippen molar-refractivity contribution in [3.05, 3.63) is 46.6 Å². The van der Waals surface area contributed by atoms with Gasteiger partial charge in [-0.1, -0.05) is 12.1 Å². The van der Waals surface area contributed by atoms with E-state index in [-0.39, 0.29) is 0 Å². The number of benzene rings is 1. The maximum absolute atomic E-state index is 8.90. The minimum Gasteiger partial charge on any atom is -0.337 e. The van der Waals surface area contributed by atoms with Gasteiger partial charge in [0.1, 0.15) is 6.07 Å². The largest absolute Gasteiger partial charge is 0.337 e. The van der Waals surface area contributed by atoms with Crippen LogP contribution >= 0.6 is 15.9 Å². The lowest BCUT2D eigenvalue weighted by atomic mass is 10.3. The first-order valence-corrected chi connectivity index (χ1v) is 5.34. The van der Waals surface area contributed by atoms with E-state index in [0.29, 0.717) is 11.4 Å². The number of hydrogen-bond acceptors (Lipinski definition) is 4. The third-order valence-corrected chi connectivity index (χ3v) is 2.66. The molecule has 5 heteroatoms. The van der Waals surface area contributed by atoms with Crippen molar-refractivity contribution in [3.8, 4) is 6.07 Å². The van der Waals surface area contributed by atoms with Crippen LogP contribution in [0.2, 0.25) is 0 Å². The van der Waals surface area contributed by atoms with E-state index in [1.807, 2.05) is 24.3 Å². The van der Waals surface area contributed by atoms with E-state index in [1.54, 1.807) is 6.07 Å². The van der Waals surface area contributed by atoms with Crippen LogP contribution in [0.5, 0.6) is 0 Å². The first kappa shape index (κ1) is 10.6. The molecule has 1 aromatic heterocycles. The average Bonchev–Trinajstić information content (AvgIpc) is 2.33. The van der Waals surface area contributed by atoms with Crippen molar-refractivity contribution in [3.63, 3.8) is 0 Å². The highest BCUT2D eigenvalue weighted by molar-refractivity contribution is 9.10. The van der Waals surface area contributed by atoms with Crippen molar-refractivity contribution in [2.24, 2.45) is 0 Å². The molecule has 0 aliphatic carbocycles. The van der Waals surface area contributed by atoms with Gasteiger partial charge in [-0.15, -0.1) is 5.10 Å². The van der Waals surface area contributed by atoms with Crippen LogP contribution in [0.4, 0.5) is 11.5 Å². The summed E-state index contributed by atoms with van der Waals surface area (Å²) in [5.74, 6) is 0.455.